The third-order valence-corrected chi connectivity index (χ3v) is 3.07. The number of aliphatic hydroxyl groups excluding tert-OH is 2. The molecule has 1 aliphatic rings. The molecule has 1 heterocycles. The lowest BCUT2D eigenvalue weighted by molar-refractivity contribution is -0.124. The van der Waals surface area contributed by atoms with Crippen LogP contribution in [-0.4, -0.2) is 52.9 Å². The second-order valence-electron chi connectivity index (χ2n) is 4.32. The first-order chi connectivity index (χ1) is 7.04. The number of carbonyl (C=O) groups is 1. The summed E-state index contributed by atoms with van der Waals surface area (Å²) in [6.45, 7) is 2.81. The Morgan fingerprint density at radius 2 is 2.27 bits per heavy atom. The van der Waals surface area contributed by atoms with Crippen LogP contribution in [0.1, 0.15) is 19.8 Å². The second-order valence-corrected chi connectivity index (χ2v) is 4.32. The van der Waals surface area contributed by atoms with Crippen LogP contribution < -0.4 is 5.73 Å². The van der Waals surface area contributed by atoms with Gasteiger partial charge in [0.05, 0.1) is 18.6 Å². The highest BCUT2D eigenvalue weighted by Gasteiger charge is 2.29. The van der Waals surface area contributed by atoms with Crippen LogP contribution in [0.25, 0.3) is 0 Å². The van der Waals surface area contributed by atoms with Gasteiger partial charge in [-0.1, -0.05) is 0 Å². The number of amides is 1. The van der Waals surface area contributed by atoms with Crippen LogP contribution in [-0.2, 0) is 4.79 Å². The van der Waals surface area contributed by atoms with E-state index in [9.17, 15) is 9.90 Å². The number of primary amides is 1. The Labute approximate surface area is 89.9 Å². The van der Waals surface area contributed by atoms with Gasteiger partial charge in [0.15, 0.2) is 0 Å². The number of hydrogen-bond acceptors (Lipinski definition) is 4. The summed E-state index contributed by atoms with van der Waals surface area (Å²) in [6, 6.07) is 0.335. The molecule has 0 radical (unpaired) electrons. The normalized spacial score (nSPS) is 30.1. The molecule has 15 heavy (non-hydrogen) atoms. The predicted molar refractivity (Wildman–Crippen MR) is 56.0 cm³/mol. The number of hydrogen-bond donors (Lipinski definition) is 3. The van der Waals surface area contributed by atoms with Crippen molar-refractivity contribution in [2.75, 3.05) is 19.7 Å². The first-order valence-electron chi connectivity index (χ1n) is 5.37. The van der Waals surface area contributed by atoms with E-state index in [2.05, 4.69) is 6.92 Å². The fourth-order valence-electron chi connectivity index (χ4n) is 1.99. The molecular formula is C10H20N2O3. The number of carbonyl (C=O) groups excluding carboxylic acids is 1. The molecule has 0 bridgehead atoms. The molecule has 0 aromatic heterocycles. The number of piperidine rings is 1. The molecule has 0 spiro atoms. The summed E-state index contributed by atoms with van der Waals surface area (Å²) in [5, 5.41) is 18.1. The highest BCUT2D eigenvalue weighted by atomic mass is 16.3. The number of likely N-dealkylation sites (tertiary alicyclic amines) is 1. The van der Waals surface area contributed by atoms with E-state index in [-0.39, 0.29) is 18.4 Å². The third kappa shape index (κ3) is 3.44. The van der Waals surface area contributed by atoms with Crippen molar-refractivity contribution in [2.45, 2.75) is 31.9 Å². The Bertz CT molecular complexity index is 223. The average Bonchev–Trinajstić information content (AvgIpc) is 2.20. The monoisotopic (exact) mass is 216 g/mol. The molecule has 1 rings (SSSR count). The van der Waals surface area contributed by atoms with Crippen LogP contribution in [0.5, 0.6) is 0 Å². The molecule has 0 saturated carbocycles. The van der Waals surface area contributed by atoms with Crippen molar-refractivity contribution in [2.24, 2.45) is 11.7 Å². The van der Waals surface area contributed by atoms with E-state index >= 15 is 0 Å². The van der Waals surface area contributed by atoms with Crippen LogP contribution in [0.4, 0.5) is 0 Å². The van der Waals surface area contributed by atoms with E-state index in [0.29, 0.717) is 19.1 Å². The molecule has 5 nitrogen and oxygen atoms in total. The topological polar surface area (TPSA) is 86.8 Å². The highest BCUT2D eigenvalue weighted by molar-refractivity contribution is 5.76. The number of aliphatic hydroxyl groups is 2. The zero-order chi connectivity index (χ0) is 11.4. The minimum Gasteiger partial charge on any atom is -0.394 e. The Balaban J connectivity index is 2.49. The molecule has 88 valence electrons. The first kappa shape index (κ1) is 12.4. The number of nitrogens with zero attached hydrogens (tertiary/aromatic N) is 1. The molecule has 1 amide bonds. The smallest absolute Gasteiger partial charge is 0.221 e. The molecule has 0 aromatic rings. The standard InChI is InChI=1S/C10H20N2O3/c1-7-2-3-8(10(11)15)4-12(7)5-9(14)6-13/h7-9,13-14H,2-6H2,1H3,(H2,11,15). The maximum Gasteiger partial charge on any atom is 0.221 e. The van der Waals surface area contributed by atoms with E-state index < -0.39 is 6.10 Å². The maximum atomic E-state index is 11.0. The summed E-state index contributed by atoms with van der Waals surface area (Å²) in [5.41, 5.74) is 5.26. The number of nitrogens with two attached hydrogens (primary N) is 1. The molecule has 1 saturated heterocycles. The number of rotatable bonds is 4. The summed E-state index contributed by atoms with van der Waals surface area (Å²) in [7, 11) is 0. The van der Waals surface area contributed by atoms with Crippen molar-refractivity contribution >= 4 is 5.91 Å². The van der Waals surface area contributed by atoms with Crippen molar-refractivity contribution in [3.63, 3.8) is 0 Å². The SMILES string of the molecule is CC1CCC(C(N)=O)CN1CC(O)CO. The molecule has 5 heteroatoms. The lowest BCUT2D eigenvalue weighted by atomic mass is 9.93. The van der Waals surface area contributed by atoms with E-state index in [1.807, 2.05) is 4.90 Å². The van der Waals surface area contributed by atoms with Crippen molar-refractivity contribution in [3.8, 4) is 0 Å². The van der Waals surface area contributed by atoms with E-state index in [1.54, 1.807) is 0 Å². The Morgan fingerprint density at radius 1 is 1.60 bits per heavy atom. The molecule has 0 aromatic carbocycles. The van der Waals surface area contributed by atoms with E-state index in [1.165, 1.54) is 0 Å². The zero-order valence-corrected chi connectivity index (χ0v) is 9.09. The van der Waals surface area contributed by atoms with Gasteiger partial charge >= 0.3 is 0 Å². The molecule has 1 aliphatic heterocycles. The Hall–Kier alpha value is -0.650. The van der Waals surface area contributed by atoms with E-state index in [4.69, 9.17) is 10.8 Å². The molecule has 4 N–H and O–H groups in total. The predicted octanol–water partition coefficient (Wildman–Crippen LogP) is -1.07. The van der Waals surface area contributed by atoms with Crippen LogP contribution in [0.15, 0.2) is 0 Å². The van der Waals surface area contributed by atoms with Crippen LogP contribution in [0.2, 0.25) is 0 Å². The fraction of sp³-hybridized carbons (Fsp3) is 0.900. The maximum absolute atomic E-state index is 11.0. The lowest BCUT2D eigenvalue weighted by Crippen LogP contribution is -2.48. The fourth-order valence-corrected chi connectivity index (χ4v) is 1.99. The Kier molecular flexibility index (Phi) is 4.50. The van der Waals surface area contributed by atoms with Gasteiger partial charge in [-0.25, -0.2) is 0 Å². The zero-order valence-electron chi connectivity index (χ0n) is 9.09. The van der Waals surface area contributed by atoms with Crippen molar-refractivity contribution in [1.29, 1.82) is 0 Å². The molecule has 1 fully saturated rings. The van der Waals surface area contributed by atoms with Gasteiger partial charge in [0.25, 0.3) is 0 Å². The summed E-state index contributed by atoms with van der Waals surface area (Å²) in [5.74, 6) is -0.391. The molecule has 0 aliphatic carbocycles. The van der Waals surface area contributed by atoms with Gasteiger partial charge in [0.2, 0.25) is 5.91 Å². The molecule has 3 atom stereocenters. The quantitative estimate of drug-likeness (QED) is 0.558. The van der Waals surface area contributed by atoms with Gasteiger partial charge in [-0.05, 0) is 19.8 Å². The van der Waals surface area contributed by atoms with Crippen molar-refractivity contribution in [1.82, 2.24) is 4.90 Å². The Morgan fingerprint density at radius 3 is 2.80 bits per heavy atom. The largest absolute Gasteiger partial charge is 0.394 e. The lowest BCUT2D eigenvalue weighted by Gasteiger charge is -2.37. The molecule has 3 unspecified atom stereocenters. The van der Waals surface area contributed by atoms with Gasteiger partial charge in [-0.2, -0.15) is 0 Å². The van der Waals surface area contributed by atoms with Gasteiger partial charge in [-0.15, -0.1) is 0 Å². The second kappa shape index (κ2) is 5.44. The van der Waals surface area contributed by atoms with Crippen molar-refractivity contribution < 1.29 is 15.0 Å². The van der Waals surface area contributed by atoms with E-state index in [0.717, 1.165) is 12.8 Å². The summed E-state index contributed by atoms with van der Waals surface area (Å²) < 4.78 is 0. The first-order valence-corrected chi connectivity index (χ1v) is 5.37. The average molecular weight is 216 g/mol. The van der Waals surface area contributed by atoms with Gasteiger partial charge < -0.3 is 15.9 Å². The van der Waals surface area contributed by atoms with Crippen LogP contribution >= 0.6 is 0 Å². The highest BCUT2D eigenvalue weighted by Crippen LogP contribution is 2.21. The van der Waals surface area contributed by atoms with Gasteiger partial charge in [-0.3, -0.25) is 9.69 Å². The molecular weight excluding hydrogens is 196 g/mol. The summed E-state index contributed by atoms with van der Waals surface area (Å²) >= 11 is 0. The van der Waals surface area contributed by atoms with Crippen LogP contribution in [0.3, 0.4) is 0 Å². The van der Waals surface area contributed by atoms with Crippen LogP contribution in [0, 0.1) is 5.92 Å². The number of β-amino-alcohol motifs (C(OH)–C–C–N with tert-alkyl or cyclic N) is 1. The summed E-state index contributed by atoms with van der Waals surface area (Å²) in [6.07, 6.45) is 0.993. The van der Waals surface area contributed by atoms with Gasteiger partial charge in [0.1, 0.15) is 0 Å². The third-order valence-electron chi connectivity index (χ3n) is 3.07. The van der Waals surface area contributed by atoms with Gasteiger partial charge in [0, 0.05) is 19.1 Å². The minimum absolute atomic E-state index is 0.118. The minimum atomic E-state index is -0.737. The van der Waals surface area contributed by atoms with Crippen molar-refractivity contribution in [3.05, 3.63) is 0 Å². The summed E-state index contributed by atoms with van der Waals surface area (Å²) in [4.78, 5) is 13.1.